The summed E-state index contributed by atoms with van der Waals surface area (Å²) in [6.45, 7) is 0.398. The van der Waals surface area contributed by atoms with E-state index in [2.05, 4.69) is 5.32 Å². The van der Waals surface area contributed by atoms with Crippen molar-refractivity contribution in [2.75, 3.05) is 6.54 Å². The summed E-state index contributed by atoms with van der Waals surface area (Å²) in [7, 11) is 0. The number of rotatable bonds is 5. The molecule has 0 saturated heterocycles. The molecule has 1 aromatic heterocycles. The van der Waals surface area contributed by atoms with Gasteiger partial charge in [0.2, 0.25) is 5.91 Å². The van der Waals surface area contributed by atoms with Crippen molar-refractivity contribution >= 4 is 34.9 Å². The van der Waals surface area contributed by atoms with Crippen molar-refractivity contribution in [3.8, 4) is 0 Å². The molecule has 1 N–H and O–H groups in total. The molecule has 0 saturated carbocycles. The van der Waals surface area contributed by atoms with Gasteiger partial charge in [-0.3, -0.25) is 4.79 Å². The highest BCUT2D eigenvalue weighted by atomic mass is 35.5. The molecule has 0 unspecified atom stereocenters. The van der Waals surface area contributed by atoms with E-state index in [9.17, 15) is 9.18 Å². The molecule has 1 heterocycles. The quantitative estimate of drug-likeness (QED) is 0.834. The third kappa shape index (κ3) is 4.47. The molecule has 2 nitrogen and oxygen atoms in total. The summed E-state index contributed by atoms with van der Waals surface area (Å²) in [6, 6.07) is 10.2. The van der Waals surface area contributed by atoms with E-state index >= 15 is 0 Å². The molecular weight excluding hydrogens is 297 g/mol. The Bertz CT molecular complexity index is 624. The van der Waals surface area contributed by atoms with Gasteiger partial charge in [0.05, 0.1) is 4.34 Å². The summed E-state index contributed by atoms with van der Waals surface area (Å²) in [6.07, 6.45) is 3.62. The summed E-state index contributed by atoms with van der Waals surface area (Å²) in [5.74, 6) is -0.448. The van der Waals surface area contributed by atoms with Crippen molar-refractivity contribution < 1.29 is 9.18 Å². The van der Waals surface area contributed by atoms with Gasteiger partial charge >= 0.3 is 0 Å². The van der Waals surface area contributed by atoms with Crippen molar-refractivity contribution in [2.24, 2.45) is 0 Å². The Morgan fingerprint density at radius 2 is 2.10 bits per heavy atom. The number of carbonyl (C=O) groups is 1. The van der Waals surface area contributed by atoms with Gasteiger partial charge in [-0.15, -0.1) is 11.3 Å². The summed E-state index contributed by atoms with van der Waals surface area (Å²) in [4.78, 5) is 12.5. The van der Waals surface area contributed by atoms with Gasteiger partial charge in [0.15, 0.2) is 0 Å². The molecule has 1 aromatic carbocycles. The molecule has 0 aliphatic carbocycles. The minimum absolute atomic E-state index is 0.203. The summed E-state index contributed by atoms with van der Waals surface area (Å²) in [5, 5.41) is 2.71. The Balaban J connectivity index is 1.78. The van der Waals surface area contributed by atoms with Crippen LogP contribution < -0.4 is 5.32 Å². The average Bonchev–Trinajstić information content (AvgIpc) is 2.84. The first kappa shape index (κ1) is 14.8. The van der Waals surface area contributed by atoms with Crippen LogP contribution in [0.2, 0.25) is 4.34 Å². The van der Waals surface area contributed by atoms with E-state index in [1.165, 1.54) is 23.5 Å². The number of amides is 1. The van der Waals surface area contributed by atoms with Crippen LogP contribution >= 0.6 is 22.9 Å². The molecule has 5 heteroatoms. The molecule has 0 radical (unpaired) electrons. The Morgan fingerprint density at radius 1 is 1.30 bits per heavy atom. The van der Waals surface area contributed by atoms with Gasteiger partial charge in [0.1, 0.15) is 5.82 Å². The highest BCUT2D eigenvalue weighted by Crippen LogP contribution is 2.22. The van der Waals surface area contributed by atoms with Gasteiger partial charge in [0, 0.05) is 17.5 Å². The molecule has 2 aromatic rings. The minimum Gasteiger partial charge on any atom is -0.352 e. The molecule has 0 bridgehead atoms. The van der Waals surface area contributed by atoms with E-state index in [4.69, 9.17) is 11.6 Å². The molecule has 2 rings (SSSR count). The lowest BCUT2D eigenvalue weighted by Gasteiger charge is -2.03. The van der Waals surface area contributed by atoms with E-state index in [0.29, 0.717) is 22.9 Å². The molecule has 0 fully saturated rings. The van der Waals surface area contributed by atoms with Crippen LogP contribution in [0.1, 0.15) is 10.4 Å². The maximum absolute atomic E-state index is 13.3. The van der Waals surface area contributed by atoms with Crippen LogP contribution in [-0.2, 0) is 11.2 Å². The van der Waals surface area contributed by atoms with Gasteiger partial charge in [0.25, 0.3) is 0 Å². The number of halogens is 2. The fraction of sp³-hybridized carbons (Fsp3) is 0.133. The Hall–Kier alpha value is -1.65. The summed E-state index contributed by atoms with van der Waals surface area (Å²) < 4.78 is 14.0. The number of hydrogen-bond donors (Lipinski definition) is 1. The van der Waals surface area contributed by atoms with Crippen molar-refractivity contribution in [2.45, 2.75) is 6.42 Å². The molecule has 0 aliphatic heterocycles. The van der Waals surface area contributed by atoms with E-state index in [0.717, 1.165) is 4.88 Å². The fourth-order valence-electron chi connectivity index (χ4n) is 1.66. The standard InChI is InChI=1S/C15H13ClFNOS/c16-14-7-5-12(20-14)6-8-15(19)18-10-9-11-3-1-2-4-13(11)17/h1-8H,9-10H2,(H,18,19)/b8-6+. The van der Waals surface area contributed by atoms with Gasteiger partial charge in [-0.05, 0) is 36.3 Å². The zero-order valence-electron chi connectivity index (χ0n) is 10.6. The predicted molar refractivity (Wildman–Crippen MR) is 81.5 cm³/mol. The molecule has 0 aliphatic rings. The van der Waals surface area contributed by atoms with E-state index < -0.39 is 0 Å². The van der Waals surface area contributed by atoms with E-state index in [-0.39, 0.29) is 11.7 Å². The van der Waals surface area contributed by atoms with Crippen LogP contribution in [0.3, 0.4) is 0 Å². The summed E-state index contributed by atoms with van der Waals surface area (Å²) in [5.41, 5.74) is 0.599. The van der Waals surface area contributed by atoms with Crippen LogP contribution in [0.5, 0.6) is 0 Å². The van der Waals surface area contributed by atoms with Crippen molar-refractivity contribution in [3.05, 3.63) is 63.1 Å². The molecule has 0 spiro atoms. The van der Waals surface area contributed by atoms with Crippen LogP contribution in [-0.4, -0.2) is 12.5 Å². The topological polar surface area (TPSA) is 29.1 Å². The predicted octanol–water partition coefficient (Wildman–Crippen LogP) is 3.91. The zero-order chi connectivity index (χ0) is 14.4. The number of benzene rings is 1. The number of hydrogen-bond acceptors (Lipinski definition) is 2. The van der Waals surface area contributed by atoms with Gasteiger partial charge in [-0.25, -0.2) is 4.39 Å². The lowest BCUT2D eigenvalue weighted by atomic mass is 10.1. The van der Waals surface area contributed by atoms with Crippen LogP contribution in [0.25, 0.3) is 6.08 Å². The molecule has 0 atom stereocenters. The first-order valence-corrected chi connectivity index (χ1v) is 7.29. The Labute approximate surface area is 125 Å². The van der Waals surface area contributed by atoms with E-state index in [1.54, 1.807) is 30.3 Å². The molecule has 1 amide bonds. The molecular formula is C15H13ClFNOS. The van der Waals surface area contributed by atoms with Gasteiger partial charge < -0.3 is 5.32 Å². The monoisotopic (exact) mass is 309 g/mol. The first-order valence-electron chi connectivity index (χ1n) is 6.10. The maximum atomic E-state index is 13.3. The third-order valence-corrected chi connectivity index (χ3v) is 3.84. The minimum atomic E-state index is -0.245. The SMILES string of the molecule is O=C(/C=C/c1ccc(Cl)s1)NCCc1ccccc1F. The normalized spacial score (nSPS) is 10.9. The van der Waals surface area contributed by atoms with Crippen LogP contribution in [0.4, 0.5) is 4.39 Å². The number of nitrogens with one attached hydrogen (secondary N) is 1. The second-order valence-corrected chi connectivity index (χ2v) is 5.85. The number of carbonyl (C=O) groups excluding carboxylic acids is 1. The second-order valence-electron chi connectivity index (χ2n) is 4.11. The number of thiophene rings is 1. The van der Waals surface area contributed by atoms with E-state index in [1.807, 2.05) is 6.07 Å². The second kappa shape index (κ2) is 7.22. The van der Waals surface area contributed by atoms with Crippen molar-refractivity contribution in [3.63, 3.8) is 0 Å². The molecule has 20 heavy (non-hydrogen) atoms. The Kier molecular flexibility index (Phi) is 5.32. The largest absolute Gasteiger partial charge is 0.352 e. The lowest BCUT2D eigenvalue weighted by Crippen LogP contribution is -2.23. The maximum Gasteiger partial charge on any atom is 0.244 e. The fourth-order valence-corrected chi connectivity index (χ4v) is 2.62. The van der Waals surface area contributed by atoms with Gasteiger partial charge in [-0.2, -0.15) is 0 Å². The van der Waals surface area contributed by atoms with Crippen molar-refractivity contribution in [1.82, 2.24) is 5.32 Å². The highest BCUT2D eigenvalue weighted by molar-refractivity contribution is 7.17. The first-order chi connectivity index (χ1) is 9.65. The highest BCUT2D eigenvalue weighted by Gasteiger charge is 2.01. The third-order valence-electron chi connectivity index (χ3n) is 2.64. The zero-order valence-corrected chi connectivity index (χ0v) is 12.2. The summed E-state index contributed by atoms with van der Waals surface area (Å²) >= 11 is 7.19. The van der Waals surface area contributed by atoms with Gasteiger partial charge in [-0.1, -0.05) is 29.8 Å². The van der Waals surface area contributed by atoms with Crippen molar-refractivity contribution in [1.29, 1.82) is 0 Å². The smallest absolute Gasteiger partial charge is 0.244 e. The average molecular weight is 310 g/mol. The lowest BCUT2D eigenvalue weighted by molar-refractivity contribution is -0.116. The molecule has 104 valence electrons. The van der Waals surface area contributed by atoms with Crippen LogP contribution in [0.15, 0.2) is 42.5 Å². The Morgan fingerprint density at radius 3 is 2.80 bits per heavy atom. The van der Waals surface area contributed by atoms with Crippen LogP contribution in [0, 0.1) is 5.82 Å².